The molecule has 146 valence electrons. The highest BCUT2D eigenvalue weighted by atomic mass is 19.1. The highest BCUT2D eigenvalue weighted by Gasteiger charge is 2.28. The fourth-order valence-corrected chi connectivity index (χ4v) is 3.45. The van der Waals surface area contributed by atoms with Crippen LogP contribution in [-0.4, -0.2) is 70.2 Å². The number of fused-ring (bicyclic) bond motifs is 1. The molecule has 0 aliphatic carbocycles. The van der Waals surface area contributed by atoms with Gasteiger partial charge in [0, 0.05) is 25.4 Å². The first kappa shape index (κ1) is 17.3. The number of nitrogens with zero attached hydrogens (tertiary/aromatic N) is 5. The van der Waals surface area contributed by atoms with Crippen LogP contribution in [0.4, 0.5) is 10.3 Å². The van der Waals surface area contributed by atoms with E-state index in [1.165, 1.54) is 0 Å². The first-order chi connectivity index (χ1) is 13.7. The van der Waals surface area contributed by atoms with Crippen LogP contribution in [0.3, 0.4) is 0 Å². The molecule has 5 rings (SSSR count). The van der Waals surface area contributed by atoms with E-state index in [9.17, 15) is 4.39 Å². The van der Waals surface area contributed by atoms with Gasteiger partial charge in [-0.25, -0.2) is 23.9 Å². The molecule has 28 heavy (non-hydrogen) atoms. The first-order valence-corrected chi connectivity index (χ1v) is 9.18. The van der Waals surface area contributed by atoms with Gasteiger partial charge in [0.2, 0.25) is 5.95 Å². The summed E-state index contributed by atoms with van der Waals surface area (Å²) < 4.78 is 26.4. The van der Waals surface area contributed by atoms with Crippen molar-refractivity contribution in [1.82, 2.24) is 29.9 Å². The molecular formula is C18H20FN7O2. The lowest BCUT2D eigenvalue weighted by molar-refractivity contribution is 0.00530. The Morgan fingerprint density at radius 2 is 2.21 bits per heavy atom. The van der Waals surface area contributed by atoms with Crippen molar-refractivity contribution < 1.29 is 13.9 Å². The molecule has 2 N–H and O–H groups in total. The molecule has 0 amide bonds. The molecule has 9 nitrogen and oxygen atoms in total. The Hall–Kier alpha value is -2.85. The molecule has 10 heteroatoms. The minimum Gasteiger partial charge on any atom is -0.495 e. The number of alkyl halides is 1. The van der Waals surface area contributed by atoms with Gasteiger partial charge in [-0.3, -0.25) is 0 Å². The SMILES string of the molecule is COc1cc2ncc(-c3ccnc(N[C@H]4CNC[C@@H]4F)n3)n2nc1C1COC1. The van der Waals surface area contributed by atoms with Gasteiger partial charge in [-0.15, -0.1) is 0 Å². The van der Waals surface area contributed by atoms with Crippen LogP contribution >= 0.6 is 0 Å². The maximum Gasteiger partial charge on any atom is 0.223 e. The smallest absolute Gasteiger partial charge is 0.223 e. The lowest BCUT2D eigenvalue weighted by Crippen LogP contribution is -2.30. The summed E-state index contributed by atoms with van der Waals surface area (Å²) in [5.74, 6) is 1.28. The molecule has 2 atom stereocenters. The summed E-state index contributed by atoms with van der Waals surface area (Å²) in [6, 6.07) is 3.31. The molecule has 0 unspecified atom stereocenters. The third-order valence-electron chi connectivity index (χ3n) is 5.10. The molecule has 2 aliphatic heterocycles. The Kier molecular flexibility index (Phi) is 4.29. The van der Waals surface area contributed by atoms with Crippen molar-refractivity contribution in [3.63, 3.8) is 0 Å². The summed E-state index contributed by atoms with van der Waals surface area (Å²) >= 11 is 0. The van der Waals surface area contributed by atoms with Gasteiger partial charge in [0.1, 0.15) is 23.3 Å². The molecule has 0 saturated carbocycles. The van der Waals surface area contributed by atoms with Gasteiger partial charge in [0.15, 0.2) is 5.65 Å². The summed E-state index contributed by atoms with van der Waals surface area (Å²) in [7, 11) is 1.62. The predicted molar refractivity (Wildman–Crippen MR) is 99.3 cm³/mol. The number of hydrogen-bond donors (Lipinski definition) is 2. The number of nitrogens with one attached hydrogen (secondary N) is 2. The van der Waals surface area contributed by atoms with Crippen molar-refractivity contribution in [2.75, 3.05) is 38.7 Å². The number of anilines is 1. The second-order valence-electron chi connectivity index (χ2n) is 6.94. The van der Waals surface area contributed by atoms with Gasteiger partial charge in [0.05, 0.1) is 44.2 Å². The van der Waals surface area contributed by atoms with Gasteiger partial charge in [-0.05, 0) is 6.07 Å². The van der Waals surface area contributed by atoms with Gasteiger partial charge in [-0.1, -0.05) is 0 Å². The molecule has 2 aliphatic rings. The van der Waals surface area contributed by atoms with Crippen LogP contribution in [0.2, 0.25) is 0 Å². The number of halogens is 1. The average molecular weight is 385 g/mol. The minimum atomic E-state index is -0.968. The van der Waals surface area contributed by atoms with Crippen LogP contribution in [0, 0.1) is 0 Å². The van der Waals surface area contributed by atoms with Crippen molar-refractivity contribution in [2.45, 2.75) is 18.1 Å². The van der Waals surface area contributed by atoms with Gasteiger partial charge in [-0.2, -0.15) is 5.10 Å². The average Bonchev–Trinajstić information content (AvgIpc) is 3.26. The molecule has 0 spiro atoms. The maximum absolute atomic E-state index is 13.9. The largest absolute Gasteiger partial charge is 0.495 e. The van der Waals surface area contributed by atoms with Gasteiger partial charge < -0.3 is 20.1 Å². The second-order valence-corrected chi connectivity index (χ2v) is 6.94. The number of aromatic nitrogens is 5. The lowest BCUT2D eigenvalue weighted by Gasteiger charge is -2.26. The summed E-state index contributed by atoms with van der Waals surface area (Å²) in [4.78, 5) is 13.2. The number of methoxy groups -OCH3 is 1. The number of rotatable bonds is 5. The van der Waals surface area contributed by atoms with Gasteiger partial charge >= 0.3 is 0 Å². The van der Waals surface area contributed by atoms with Crippen molar-refractivity contribution in [3.8, 4) is 17.1 Å². The zero-order valence-electron chi connectivity index (χ0n) is 15.3. The van der Waals surface area contributed by atoms with E-state index in [1.54, 1.807) is 30.1 Å². The third-order valence-corrected chi connectivity index (χ3v) is 5.10. The monoisotopic (exact) mass is 385 g/mol. The van der Waals surface area contributed by atoms with Crippen LogP contribution in [0.15, 0.2) is 24.5 Å². The highest BCUT2D eigenvalue weighted by molar-refractivity contribution is 5.61. The van der Waals surface area contributed by atoms with Crippen LogP contribution in [-0.2, 0) is 4.74 Å². The Morgan fingerprint density at radius 3 is 2.93 bits per heavy atom. The molecule has 0 radical (unpaired) electrons. The summed E-state index contributed by atoms with van der Waals surface area (Å²) in [6.45, 7) is 2.13. The quantitative estimate of drug-likeness (QED) is 0.672. The van der Waals surface area contributed by atoms with E-state index in [4.69, 9.17) is 14.6 Å². The fraction of sp³-hybridized carbons (Fsp3) is 0.444. The summed E-state index contributed by atoms with van der Waals surface area (Å²) in [6.07, 6.45) is 2.39. The zero-order valence-corrected chi connectivity index (χ0v) is 15.3. The molecule has 0 bridgehead atoms. The van der Waals surface area contributed by atoms with Crippen LogP contribution < -0.4 is 15.4 Å². The van der Waals surface area contributed by atoms with Crippen molar-refractivity contribution in [1.29, 1.82) is 0 Å². The molecule has 0 aromatic carbocycles. The van der Waals surface area contributed by atoms with Crippen LogP contribution in [0.1, 0.15) is 11.6 Å². The number of ether oxygens (including phenoxy) is 2. The first-order valence-electron chi connectivity index (χ1n) is 9.18. The fourth-order valence-electron chi connectivity index (χ4n) is 3.45. The van der Waals surface area contributed by atoms with E-state index in [2.05, 4.69) is 25.6 Å². The topological polar surface area (TPSA) is 98.5 Å². The van der Waals surface area contributed by atoms with Crippen molar-refractivity contribution in [2.24, 2.45) is 0 Å². The third kappa shape index (κ3) is 2.94. The minimum absolute atomic E-state index is 0.202. The molecule has 2 fully saturated rings. The number of imidazole rings is 1. The zero-order chi connectivity index (χ0) is 19.1. The van der Waals surface area contributed by atoms with Crippen LogP contribution in [0.25, 0.3) is 17.0 Å². The Morgan fingerprint density at radius 1 is 1.32 bits per heavy atom. The van der Waals surface area contributed by atoms with E-state index < -0.39 is 6.17 Å². The standard InChI is InChI=1S/C18H20FN7O2/c1-27-15-4-16-22-7-14(26(16)25-17(15)10-8-28-9-10)12-2-3-21-18(23-12)24-13-6-20-5-11(13)19/h2-4,7,10-11,13,20H,5-6,8-9H2,1H3,(H,21,23,24)/t11-,13-/m0/s1. The summed E-state index contributed by atoms with van der Waals surface area (Å²) in [5.41, 5.74) is 2.88. The van der Waals surface area contributed by atoms with Crippen LogP contribution in [0.5, 0.6) is 5.75 Å². The van der Waals surface area contributed by atoms with E-state index in [0.29, 0.717) is 49.3 Å². The predicted octanol–water partition coefficient (Wildman–Crippen LogP) is 1.03. The van der Waals surface area contributed by atoms with E-state index in [0.717, 1.165) is 11.4 Å². The Labute approximate surface area is 160 Å². The lowest BCUT2D eigenvalue weighted by atomic mass is 10.0. The van der Waals surface area contributed by atoms with E-state index in [1.807, 2.05) is 6.07 Å². The van der Waals surface area contributed by atoms with Gasteiger partial charge in [0.25, 0.3) is 0 Å². The van der Waals surface area contributed by atoms with E-state index in [-0.39, 0.29) is 12.0 Å². The normalized spacial score (nSPS) is 22.4. The number of hydrogen-bond acceptors (Lipinski definition) is 8. The molecular weight excluding hydrogens is 365 g/mol. The highest BCUT2D eigenvalue weighted by Crippen LogP contribution is 2.31. The maximum atomic E-state index is 13.9. The molecule has 3 aromatic rings. The Balaban J connectivity index is 1.51. The van der Waals surface area contributed by atoms with E-state index >= 15 is 0 Å². The molecule has 3 aromatic heterocycles. The Bertz CT molecular complexity index is 1010. The van der Waals surface area contributed by atoms with Crippen molar-refractivity contribution >= 4 is 11.6 Å². The van der Waals surface area contributed by atoms with Crippen molar-refractivity contribution in [3.05, 3.63) is 30.2 Å². The molecule has 5 heterocycles. The molecule has 2 saturated heterocycles. The second kappa shape index (κ2) is 6.95. The summed E-state index contributed by atoms with van der Waals surface area (Å²) in [5, 5.41) is 10.8.